The standard InChI is InChI=1S/C18H17N7O3S2/c1-11-8-9-19-17-21-15(23-25(11)17)16(26)22-18-20-14(10-29-18)12-4-6-13(7-5-12)24(2)30(3,27)28/h4-10H,1-3H3,(H,20,22,26). The number of hydrogen-bond donors (Lipinski definition) is 1. The van der Waals surface area contributed by atoms with E-state index in [1.807, 2.05) is 6.92 Å². The van der Waals surface area contributed by atoms with Gasteiger partial charge in [0.25, 0.3) is 11.7 Å². The van der Waals surface area contributed by atoms with E-state index >= 15 is 0 Å². The summed E-state index contributed by atoms with van der Waals surface area (Å²) in [5.74, 6) is -0.133. The lowest BCUT2D eigenvalue weighted by Crippen LogP contribution is -2.24. The lowest BCUT2D eigenvalue weighted by atomic mass is 10.1. The Labute approximate surface area is 176 Å². The molecule has 0 unspecified atom stereocenters. The smallest absolute Gasteiger partial charge is 0.295 e. The first-order valence-electron chi connectivity index (χ1n) is 8.72. The van der Waals surface area contributed by atoms with Gasteiger partial charge in [0.15, 0.2) is 5.13 Å². The van der Waals surface area contributed by atoms with E-state index in [-0.39, 0.29) is 5.82 Å². The lowest BCUT2D eigenvalue weighted by Gasteiger charge is -2.16. The van der Waals surface area contributed by atoms with Crippen molar-refractivity contribution in [1.29, 1.82) is 0 Å². The van der Waals surface area contributed by atoms with Gasteiger partial charge >= 0.3 is 0 Å². The van der Waals surface area contributed by atoms with Crippen molar-refractivity contribution in [2.75, 3.05) is 22.9 Å². The second-order valence-corrected chi connectivity index (χ2v) is 9.37. The zero-order valence-corrected chi connectivity index (χ0v) is 17.9. The van der Waals surface area contributed by atoms with Crippen molar-refractivity contribution < 1.29 is 13.2 Å². The van der Waals surface area contributed by atoms with Crippen LogP contribution in [0.15, 0.2) is 41.9 Å². The van der Waals surface area contributed by atoms with Crippen LogP contribution in [-0.2, 0) is 10.0 Å². The van der Waals surface area contributed by atoms with Crippen molar-refractivity contribution in [2.45, 2.75) is 6.92 Å². The van der Waals surface area contributed by atoms with Crippen LogP contribution in [0.25, 0.3) is 17.0 Å². The molecule has 0 aliphatic rings. The molecule has 0 saturated carbocycles. The molecule has 3 aromatic heterocycles. The zero-order valence-electron chi connectivity index (χ0n) is 16.3. The summed E-state index contributed by atoms with van der Waals surface area (Å²) < 4.78 is 26.0. The topological polar surface area (TPSA) is 122 Å². The van der Waals surface area contributed by atoms with Gasteiger partial charge < -0.3 is 0 Å². The van der Waals surface area contributed by atoms with Crippen molar-refractivity contribution in [3.63, 3.8) is 0 Å². The van der Waals surface area contributed by atoms with E-state index < -0.39 is 15.9 Å². The summed E-state index contributed by atoms with van der Waals surface area (Å²) in [6.45, 7) is 1.84. The first-order valence-corrected chi connectivity index (χ1v) is 11.4. The summed E-state index contributed by atoms with van der Waals surface area (Å²) >= 11 is 1.26. The minimum Gasteiger partial charge on any atom is -0.295 e. The summed E-state index contributed by atoms with van der Waals surface area (Å²) in [6, 6.07) is 8.72. The molecule has 0 fully saturated rings. The fourth-order valence-corrected chi connectivity index (χ4v) is 3.87. The van der Waals surface area contributed by atoms with E-state index in [1.54, 1.807) is 41.9 Å². The minimum atomic E-state index is -3.33. The number of anilines is 2. The van der Waals surface area contributed by atoms with Crippen molar-refractivity contribution in [2.24, 2.45) is 0 Å². The van der Waals surface area contributed by atoms with Crippen LogP contribution in [0.1, 0.15) is 16.3 Å². The number of aryl methyl sites for hydroxylation is 1. The first kappa shape index (κ1) is 19.9. The highest BCUT2D eigenvalue weighted by atomic mass is 32.2. The molecule has 4 rings (SSSR count). The van der Waals surface area contributed by atoms with Gasteiger partial charge in [-0.1, -0.05) is 12.1 Å². The Morgan fingerprint density at radius 3 is 2.57 bits per heavy atom. The van der Waals surface area contributed by atoms with Crippen LogP contribution in [0, 0.1) is 6.92 Å². The number of sulfonamides is 1. The fourth-order valence-electron chi connectivity index (χ4n) is 2.65. The quantitative estimate of drug-likeness (QED) is 0.502. The fraction of sp³-hybridized carbons (Fsp3) is 0.167. The molecule has 0 saturated heterocycles. The number of amides is 1. The monoisotopic (exact) mass is 443 g/mol. The van der Waals surface area contributed by atoms with E-state index in [1.165, 1.54) is 27.2 Å². The van der Waals surface area contributed by atoms with E-state index in [0.29, 0.717) is 22.3 Å². The largest absolute Gasteiger partial charge is 0.297 e. The number of benzene rings is 1. The molecule has 154 valence electrons. The summed E-state index contributed by atoms with van der Waals surface area (Å²) in [5, 5.41) is 9.06. The Balaban J connectivity index is 1.51. The van der Waals surface area contributed by atoms with Gasteiger partial charge in [-0.2, -0.15) is 4.98 Å². The molecule has 30 heavy (non-hydrogen) atoms. The molecule has 0 bridgehead atoms. The van der Waals surface area contributed by atoms with E-state index in [4.69, 9.17) is 0 Å². The Morgan fingerprint density at radius 1 is 1.17 bits per heavy atom. The number of carbonyl (C=O) groups is 1. The predicted molar refractivity (Wildman–Crippen MR) is 114 cm³/mol. The number of nitrogens with one attached hydrogen (secondary N) is 1. The molecule has 0 spiro atoms. The molecule has 1 aromatic carbocycles. The highest BCUT2D eigenvalue weighted by Crippen LogP contribution is 2.27. The van der Waals surface area contributed by atoms with Crippen LogP contribution in [0.5, 0.6) is 0 Å². The zero-order chi connectivity index (χ0) is 21.5. The van der Waals surface area contributed by atoms with Gasteiger partial charge in [0.1, 0.15) is 0 Å². The number of hydrogen-bond acceptors (Lipinski definition) is 8. The molecule has 0 aliphatic heterocycles. The molecule has 3 heterocycles. The van der Waals surface area contributed by atoms with Crippen molar-refractivity contribution in [3.05, 3.63) is 53.4 Å². The third kappa shape index (κ3) is 3.86. The highest BCUT2D eigenvalue weighted by Gasteiger charge is 2.17. The second-order valence-electron chi connectivity index (χ2n) is 6.50. The van der Waals surface area contributed by atoms with Crippen molar-refractivity contribution in [3.8, 4) is 11.3 Å². The van der Waals surface area contributed by atoms with E-state index in [0.717, 1.165) is 17.5 Å². The molecule has 0 aliphatic carbocycles. The van der Waals surface area contributed by atoms with Gasteiger partial charge in [-0.15, -0.1) is 16.4 Å². The summed E-state index contributed by atoms with van der Waals surface area (Å²) in [7, 11) is -1.84. The molecule has 1 N–H and O–H groups in total. The van der Waals surface area contributed by atoms with Crippen LogP contribution >= 0.6 is 11.3 Å². The molecule has 0 radical (unpaired) electrons. The Hall–Kier alpha value is -3.38. The van der Waals surface area contributed by atoms with Gasteiger partial charge in [0.05, 0.1) is 17.6 Å². The van der Waals surface area contributed by atoms with Gasteiger partial charge in [0, 0.05) is 29.9 Å². The van der Waals surface area contributed by atoms with Gasteiger partial charge in [-0.25, -0.2) is 22.9 Å². The van der Waals surface area contributed by atoms with Crippen LogP contribution in [0.3, 0.4) is 0 Å². The average Bonchev–Trinajstić information content (AvgIpc) is 3.35. The average molecular weight is 444 g/mol. The molecular weight excluding hydrogens is 426 g/mol. The summed E-state index contributed by atoms with van der Waals surface area (Å²) in [6.07, 6.45) is 2.75. The number of nitrogens with zero attached hydrogens (tertiary/aromatic N) is 6. The summed E-state index contributed by atoms with van der Waals surface area (Å²) in [5.41, 5.74) is 2.81. The van der Waals surface area contributed by atoms with Gasteiger partial charge in [0.2, 0.25) is 15.8 Å². The molecule has 1 amide bonds. The lowest BCUT2D eigenvalue weighted by molar-refractivity contribution is 0.101. The first-order chi connectivity index (χ1) is 14.2. The molecule has 0 atom stereocenters. The van der Waals surface area contributed by atoms with E-state index in [9.17, 15) is 13.2 Å². The number of thiazole rings is 1. The van der Waals surface area contributed by atoms with Crippen LogP contribution in [0.2, 0.25) is 0 Å². The number of fused-ring (bicyclic) bond motifs is 1. The molecule has 4 aromatic rings. The van der Waals surface area contributed by atoms with Crippen LogP contribution < -0.4 is 9.62 Å². The Bertz CT molecular complexity index is 1340. The van der Waals surface area contributed by atoms with Crippen molar-refractivity contribution in [1.82, 2.24) is 24.6 Å². The number of rotatable bonds is 5. The van der Waals surface area contributed by atoms with Crippen LogP contribution in [0.4, 0.5) is 10.8 Å². The third-order valence-corrected chi connectivity index (χ3v) is 6.35. The number of aromatic nitrogens is 5. The van der Waals surface area contributed by atoms with E-state index in [2.05, 4.69) is 25.4 Å². The summed E-state index contributed by atoms with van der Waals surface area (Å²) in [4.78, 5) is 25.1. The third-order valence-electron chi connectivity index (χ3n) is 4.38. The second kappa shape index (κ2) is 7.46. The number of carbonyl (C=O) groups excluding carboxylic acids is 1. The minimum absolute atomic E-state index is 0.00159. The molecule has 10 nitrogen and oxygen atoms in total. The van der Waals surface area contributed by atoms with Gasteiger partial charge in [-0.05, 0) is 25.1 Å². The van der Waals surface area contributed by atoms with Crippen LogP contribution in [-0.4, -0.2) is 52.2 Å². The molecule has 12 heteroatoms. The maximum absolute atomic E-state index is 12.5. The Morgan fingerprint density at radius 2 is 1.90 bits per heavy atom. The Kier molecular flexibility index (Phi) is 4.95. The van der Waals surface area contributed by atoms with Gasteiger partial charge in [-0.3, -0.25) is 14.4 Å². The molecular formula is C18H17N7O3S2. The highest BCUT2D eigenvalue weighted by molar-refractivity contribution is 7.92. The maximum atomic E-state index is 12.5. The normalized spacial score (nSPS) is 11.6. The van der Waals surface area contributed by atoms with Crippen molar-refractivity contribution >= 4 is 43.9 Å². The predicted octanol–water partition coefficient (Wildman–Crippen LogP) is 2.20. The maximum Gasteiger partial charge on any atom is 0.297 e. The SMILES string of the molecule is Cc1ccnc2nc(C(=O)Nc3nc(-c4ccc(N(C)S(C)(=O)=O)cc4)cs3)nn12.